The van der Waals surface area contributed by atoms with Gasteiger partial charge in [0.15, 0.2) is 17.5 Å². The average molecular weight is 731 g/mol. The van der Waals surface area contributed by atoms with Crippen LogP contribution in [0.1, 0.15) is 0 Å². The van der Waals surface area contributed by atoms with E-state index < -0.39 is 0 Å². The summed E-state index contributed by atoms with van der Waals surface area (Å²) in [6.07, 6.45) is 0. The van der Waals surface area contributed by atoms with Crippen LogP contribution in [0.15, 0.2) is 191 Å². The highest BCUT2D eigenvalue weighted by molar-refractivity contribution is 6.17. The highest BCUT2D eigenvalue weighted by Gasteiger charge is 2.22. The van der Waals surface area contributed by atoms with Gasteiger partial charge in [-0.1, -0.05) is 146 Å². The topological polar surface area (TPSA) is 69.9 Å². The molecule has 0 aliphatic heterocycles. The Bertz CT molecular complexity index is 3410. The number of aromatic nitrogens is 4. The third-order valence-electron chi connectivity index (χ3n) is 11.1. The molecule has 8 aromatic carbocycles. The lowest BCUT2D eigenvalue weighted by molar-refractivity contribution is 0.665. The van der Waals surface area contributed by atoms with E-state index in [1.54, 1.807) is 0 Å². The maximum absolute atomic E-state index is 6.94. The quantitative estimate of drug-likeness (QED) is 0.176. The van der Waals surface area contributed by atoms with Gasteiger partial charge in [0, 0.05) is 60.3 Å². The number of benzene rings is 8. The normalized spacial score (nSPS) is 11.9. The van der Waals surface area contributed by atoms with E-state index in [4.69, 9.17) is 23.8 Å². The van der Waals surface area contributed by atoms with Crippen molar-refractivity contribution in [2.45, 2.75) is 0 Å². The van der Waals surface area contributed by atoms with Gasteiger partial charge in [-0.3, -0.25) is 0 Å². The van der Waals surface area contributed by atoms with E-state index in [2.05, 4.69) is 114 Å². The summed E-state index contributed by atoms with van der Waals surface area (Å²) in [7, 11) is 0. The first-order valence-corrected chi connectivity index (χ1v) is 19.0. The van der Waals surface area contributed by atoms with Crippen molar-refractivity contribution in [2.24, 2.45) is 0 Å². The zero-order valence-electron chi connectivity index (χ0n) is 30.4. The van der Waals surface area contributed by atoms with Crippen LogP contribution in [0, 0.1) is 0 Å². The summed E-state index contributed by atoms with van der Waals surface area (Å²) >= 11 is 0. The molecule has 12 rings (SSSR count). The lowest BCUT2D eigenvalue weighted by Gasteiger charge is -2.08. The van der Waals surface area contributed by atoms with Crippen LogP contribution in [0.3, 0.4) is 0 Å². The molecule has 0 aliphatic carbocycles. The summed E-state index contributed by atoms with van der Waals surface area (Å²) in [6, 6.07) is 62.6. The van der Waals surface area contributed by atoms with Gasteiger partial charge in [-0.05, 0) is 36.4 Å². The van der Waals surface area contributed by atoms with Crippen LogP contribution < -0.4 is 0 Å². The van der Waals surface area contributed by atoms with E-state index in [-0.39, 0.29) is 0 Å². The van der Waals surface area contributed by atoms with Crippen LogP contribution in [-0.4, -0.2) is 19.5 Å². The molecular weight excluding hydrogens is 701 g/mol. The van der Waals surface area contributed by atoms with E-state index in [1.165, 1.54) is 21.8 Å². The molecule has 4 aromatic heterocycles. The summed E-state index contributed by atoms with van der Waals surface area (Å²) in [5, 5.41) is 6.57. The molecule has 0 N–H and O–H groups in total. The Morgan fingerprint density at radius 3 is 1.39 bits per heavy atom. The zero-order valence-corrected chi connectivity index (χ0v) is 30.4. The first-order valence-electron chi connectivity index (χ1n) is 19.0. The van der Waals surface area contributed by atoms with Gasteiger partial charge in [-0.2, -0.15) is 0 Å². The van der Waals surface area contributed by atoms with Crippen molar-refractivity contribution in [3.05, 3.63) is 182 Å². The lowest BCUT2D eigenvalue weighted by atomic mass is 9.99. The van der Waals surface area contributed by atoms with E-state index in [0.29, 0.717) is 17.5 Å². The molecular formula is C51H30N4O2. The van der Waals surface area contributed by atoms with Gasteiger partial charge < -0.3 is 13.4 Å². The molecule has 0 saturated carbocycles. The SMILES string of the molecule is c1ccc(-c2nc(-c3ccccc3)nc(-c3cccc4c3oc3c(-c5cccc6c5oc5ccc(-n7c8ccccc8c8ccccc87)cc56)cccc34)n2)cc1. The Morgan fingerprint density at radius 1 is 0.333 bits per heavy atom. The number of furan rings is 2. The Labute approximate surface area is 325 Å². The molecule has 0 amide bonds. The standard InChI is InChI=1S/C51H30N4O2/c1-3-14-31(15-4-1)49-52-50(32-16-5-2-6-17-32)54-51(53-49)41-25-13-23-39-38-22-11-21-37(47(38)57-48(39)41)36-20-12-24-40-42-30-33(28-29-45(42)56-46(36)40)55-43-26-9-7-18-34(43)35-19-8-10-27-44(35)55/h1-30H. The Balaban J connectivity index is 1.04. The van der Waals surface area contributed by atoms with E-state index in [9.17, 15) is 0 Å². The summed E-state index contributed by atoms with van der Waals surface area (Å²) < 4.78 is 16.0. The number of nitrogens with zero attached hydrogens (tertiary/aromatic N) is 4. The molecule has 6 heteroatoms. The highest BCUT2D eigenvalue weighted by atomic mass is 16.3. The van der Waals surface area contributed by atoms with Crippen molar-refractivity contribution in [3.63, 3.8) is 0 Å². The molecule has 57 heavy (non-hydrogen) atoms. The summed E-state index contributed by atoms with van der Waals surface area (Å²) in [5.41, 5.74) is 11.1. The number of hydrogen-bond donors (Lipinski definition) is 0. The highest BCUT2D eigenvalue weighted by Crippen LogP contribution is 2.43. The predicted molar refractivity (Wildman–Crippen MR) is 230 cm³/mol. The number of fused-ring (bicyclic) bond motifs is 9. The smallest absolute Gasteiger partial charge is 0.167 e. The average Bonchev–Trinajstić information content (AvgIpc) is 3.96. The van der Waals surface area contributed by atoms with Crippen LogP contribution in [-0.2, 0) is 0 Å². The minimum Gasteiger partial charge on any atom is -0.455 e. The predicted octanol–water partition coefficient (Wildman–Crippen LogP) is 13.4. The monoisotopic (exact) mass is 730 g/mol. The van der Waals surface area contributed by atoms with E-state index in [0.717, 1.165) is 77.4 Å². The van der Waals surface area contributed by atoms with Gasteiger partial charge in [-0.25, -0.2) is 15.0 Å². The van der Waals surface area contributed by atoms with Crippen LogP contribution in [0.2, 0.25) is 0 Å². The van der Waals surface area contributed by atoms with Crippen molar-refractivity contribution in [3.8, 4) is 51.0 Å². The van der Waals surface area contributed by atoms with Crippen molar-refractivity contribution >= 4 is 65.7 Å². The number of para-hydroxylation sites is 5. The van der Waals surface area contributed by atoms with Crippen molar-refractivity contribution < 1.29 is 8.83 Å². The van der Waals surface area contributed by atoms with E-state index >= 15 is 0 Å². The third kappa shape index (κ3) is 4.87. The van der Waals surface area contributed by atoms with Gasteiger partial charge in [-0.15, -0.1) is 0 Å². The second-order valence-corrected chi connectivity index (χ2v) is 14.3. The lowest BCUT2D eigenvalue weighted by Crippen LogP contribution is -2.00. The number of rotatable bonds is 5. The minimum absolute atomic E-state index is 0.548. The molecule has 0 saturated heterocycles. The number of hydrogen-bond acceptors (Lipinski definition) is 5. The molecule has 0 unspecified atom stereocenters. The molecule has 0 fully saturated rings. The second kappa shape index (κ2) is 12.3. The molecule has 0 bridgehead atoms. The molecule has 0 atom stereocenters. The first kappa shape index (κ1) is 31.5. The van der Waals surface area contributed by atoms with Gasteiger partial charge in [0.2, 0.25) is 0 Å². The van der Waals surface area contributed by atoms with Gasteiger partial charge in [0.05, 0.1) is 16.6 Å². The van der Waals surface area contributed by atoms with Crippen molar-refractivity contribution in [2.75, 3.05) is 0 Å². The zero-order chi connectivity index (χ0) is 37.5. The van der Waals surface area contributed by atoms with Crippen molar-refractivity contribution in [1.82, 2.24) is 19.5 Å². The minimum atomic E-state index is 0.548. The molecule has 0 aliphatic rings. The van der Waals surface area contributed by atoms with Crippen molar-refractivity contribution in [1.29, 1.82) is 0 Å². The Morgan fingerprint density at radius 2 is 0.789 bits per heavy atom. The Hall–Kier alpha value is -7.83. The third-order valence-corrected chi connectivity index (χ3v) is 11.1. The molecule has 4 heterocycles. The largest absolute Gasteiger partial charge is 0.455 e. The van der Waals surface area contributed by atoms with Crippen LogP contribution in [0.25, 0.3) is 117 Å². The fourth-order valence-corrected chi connectivity index (χ4v) is 8.48. The maximum atomic E-state index is 6.94. The summed E-state index contributed by atoms with van der Waals surface area (Å²) in [4.78, 5) is 15.0. The van der Waals surface area contributed by atoms with Gasteiger partial charge >= 0.3 is 0 Å². The molecule has 6 nitrogen and oxygen atoms in total. The summed E-state index contributed by atoms with van der Waals surface area (Å²) in [6.45, 7) is 0. The molecule has 12 aromatic rings. The molecule has 0 spiro atoms. The molecule has 0 radical (unpaired) electrons. The van der Waals surface area contributed by atoms with E-state index in [1.807, 2.05) is 72.8 Å². The fourth-order valence-electron chi connectivity index (χ4n) is 8.48. The van der Waals surface area contributed by atoms with Crippen LogP contribution >= 0.6 is 0 Å². The Kier molecular flexibility index (Phi) is 6.83. The molecule has 266 valence electrons. The first-order chi connectivity index (χ1) is 28.3. The van der Waals surface area contributed by atoms with Crippen LogP contribution in [0.5, 0.6) is 0 Å². The second-order valence-electron chi connectivity index (χ2n) is 14.3. The maximum Gasteiger partial charge on any atom is 0.167 e. The summed E-state index contributed by atoms with van der Waals surface area (Å²) in [5.74, 6) is 1.75. The fraction of sp³-hybridized carbons (Fsp3) is 0. The van der Waals surface area contributed by atoms with Gasteiger partial charge in [0.25, 0.3) is 0 Å². The van der Waals surface area contributed by atoms with Crippen LogP contribution in [0.4, 0.5) is 0 Å². The van der Waals surface area contributed by atoms with Gasteiger partial charge in [0.1, 0.15) is 22.3 Å².